The lowest BCUT2D eigenvalue weighted by Crippen LogP contribution is -2.55. The number of pyridine rings is 1. The number of rotatable bonds is 8. The van der Waals surface area contributed by atoms with Crippen LogP contribution < -0.4 is 10.0 Å². The number of amides is 3. The lowest BCUT2D eigenvalue weighted by Gasteiger charge is -2.33. The summed E-state index contributed by atoms with van der Waals surface area (Å²) in [6.07, 6.45) is 3.47. The Morgan fingerprint density at radius 1 is 1.12 bits per heavy atom. The standard InChI is InChI=1S/C28H30ClN5O5S2/c1-18-6-7-19-16-20(8-10-22(19)30-18)31-27(36)24-5-3-14-34(24)26(35)17-33-13-2-4-23(28(33)37)32-41(38,39)15-12-21-9-11-25(29)40-21/h6-12,15-16,23-24,32H,2-5,13-14,17H2,1H3,(H,31,36)/t23-,24+/m0/s1. The smallest absolute Gasteiger partial charge is 0.247 e. The lowest BCUT2D eigenvalue weighted by atomic mass is 10.1. The van der Waals surface area contributed by atoms with Gasteiger partial charge in [-0.2, -0.15) is 4.72 Å². The fourth-order valence-electron chi connectivity index (χ4n) is 5.14. The maximum absolute atomic E-state index is 13.3. The van der Waals surface area contributed by atoms with E-state index in [1.807, 2.05) is 31.2 Å². The van der Waals surface area contributed by atoms with Gasteiger partial charge in [-0.15, -0.1) is 11.3 Å². The highest BCUT2D eigenvalue weighted by molar-refractivity contribution is 7.92. The zero-order chi connectivity index (χ0) is 29.1. The van der Waals surface area contributed by atoms with Crippen molar-refractivity contribution in [2.75, 3.05) is 25.0 Å². The largest absolute Gasteiger partial charge is 0.332 e. The fourth-order valence-corrected chi connectivity index (χ4v) is 7.21. The molecule has 2 aromatic heterocycles. The van der Waals surface area contributed by atoms with E-state index in [1.54, 1.807) is 18.2 Å². The second-order valence-electron chi connectivity index (χ2n) is 10.2. The molecule has 216 valence electrons. The molecule has 2 fully saturated rings. The van der Waals surface area contributed by atoms with Crippen LogP contribution in [0.4, 0.5) is 5.69 Å². The van der Waals surface area contributed by atoms with Gasteiger partial charge in [0.15, 0.2) is 0 Å². The molecular weight excluding hydrogens is 586 g/mol. The van der Waals surface area contributed by atoms with Crippen molar-refractivity contribution in [3.05, 3.63) is 62.8 Å². The Bertz CT molecular complexity index is 1620. The van der Waals surface area contributed by atoms with Crippen LogP contribution in [0.3, 0.4) is 0 Å². The molecule has 13 heteroatoms. The number of carbonyl (C=O) groups excluding carboxylic acids is 3. The molecule has 3 aromatic rings. The molecule has 2 aliphatic heterocycles. The van der Waals surface area contributed by atoms with E-state index >= 15 is 0 Å². The van der Waals surface area contributed by atoms with E-state index in [2.05, 4.69) is 15.0 Å². The highest BCUT2D eigenvalue weighted by atomic mass is 35.5. The first-order valence-corrected chi connectivity index (χ1v) is 16.0. The monoisotopic (exact) mass is 615 g/mol. The highest BCUT2D eigenvalue weighted by Crippen LogP contribution is 2.24. The van der Waals surface area contributed by atoms with E-state index < -0.39 is 28.0 Å². The van der Waals surface area contributed by atoms with Gasteiger partial charge < -0.3 is 15.1 Å². The zero-order valence-electron chi connectivity index (χ0n) is 22.4. The third-order valence-corrected chi connectivity index (χ3v) is 9.44. The quantitative estimate of drug-likeness (QED) is 0.397. The molecule has 0 unspecified atom stereocenters. The molecule has 0 aliphatic carbocycles. The first-order chi connectivity index (χ1) is 19.6. The molecule has 4 heterocycles. The van der Waals surface area contributed by atoms with Crippen LogP contribution in [-0.2, 0) is 24.4 Å². The molecule has 10 nitrogen and oxygen atoms in total. The molecular formula is C28H30ClN5O5S2. The van der Waals surface area contributed by atoms with Crippen molar-refractivity contribution in [1.29, 1.82) is 0 Å². The van der Waals surface area contributed by atoms with E-state index in [4.69, 9.17) is 11.6 Å². The molecule has 0 radical (unpaired) electrons. The molecule has 1 aromatic carbocycles. The van der Waals surface area contributed by atoms with Gasteiger partial charge in [0, 0.05) is 40.1 Å². The summed E-state index contributed by atoms with van der Waals surface area (Å²) in [5.41, 5.74) is 2.35. The normalized spacial score (nSPS) is 19.8. The van der Waals surface area contributed by atoms with E-state index in [0.717, 1.165) is 22.0 Å². The van der Waals surface area contributed by atoms with Crippen LogP contribution in [0.5, 0.6) is 0 Å². The van der Waals surface area contributed by atoms with E-state index in [1.165, 1.54) is 27.2 Å². The second-order valence-corrected chi connectivity index (χ2v) is 13.5. The minimum atomic E-state index is -3.90. The Morgan fingerprint density at radius 3 is 2.71 bits per heavy atom. The number of hydrogen-bond acceptors (Lipinski definition) is 7. The van der Waals surface area contributed by atoms with Crippen molar-refractivity contribution in [3.63, 3.8) is 0 Å². The van der Waals surface area contributed by atoms with Gasteiger partial charge in [0.25, 0.3) is 0 Å². The van der Waals surface area contributed by atoms with Gasteiger partial charge in [0.1, 0.15) is 12.1 Å². The van der Waals surface area contributed by atoms with Crippen molar-refractivity contribution in [2.45, 2.75) is 44.7 Å². The Labute approximate surface area is 247 Å². The number of hydrogen-bond donors (Lipinski definition) is 2. The number of likely N-dealkylation sites (tertiary alicyclic amines) is 2. The second kappa shape index (κ2) is 12.3. The number of aromatic nitrogens is 1. The number of nitrogens with one attached hydrogen (secondary N) is 2. The molecule has 2 atom stereocenters. The van der Waals surface area contributed by atoms with Crippen LogP contribution in [-0.4, -0.2) is 72.6 Å². The van der Waals surface area contributed by atoms with Gasteiger partial charge in [-0.1, -0.05) is 17.7 Å². The number of fused-ring (bicyclic) bond motifs is 1. The van der Waals surface area contributed by atoms with Gasteiger partial charge >= 0.3 is 0 Å². The average Bonchev–Trinajstić information content (AvgIpc) is 3.59. The minimum Gasteiger partial charge on any atom is -0.332 e. The summed E-state index contributed by atoms with van der Waals surface area (Å²) in [6.45, 7) is 2.44. The third-order valence-electron chi connectivity index (χ3n) is 7.14. The third kappa shape index (κ3) is 7.13. The number of aryl methyl sites for hydroxylation is 1. The number of nitrogens with zero attached hydrogens (tertiary/aromatic N) is 3. The number of piperidine rings is 1. The maximum atomic E-state index is 13.3. The van der Waals surface area contributed by atoms with E-state index in [0.29, 0.717) is 53.7 Å². The predicted octanol–water partition coefficient (Wildman–Crippen LogP) is 3.77. The van der Waals surface area contributed by atoms with Gasteiger partial charge in [-0.25, -0.2) is 8.42 Å². The number of halogens is 1. The first kappa shape index (κ1) is 29.2. The number of anilines is 1. The van der Waals surface area contributed by atoms with Crippen molar-refractivity contribution < 1.29 is 22.8 Å². The molecule has 0 saturated carbocycles. The topological polar surface area (TPSA) is 129 Å². The van der Waals surface area contributed by atoms with Crippen molar-refractivity contribution in [1.82, 2.24) is 19.5 Å². The van der Waals surface area contributed by atoms with Crippen molar-refractivity contribution in [3.8, 4) is 0 Å². The highest BCUT2D eigenvalue weighted by Gasteiger charge is 2.37. The summed E-state index contributed by atoms with van der Waals surface area (Å²) in [5, 5.41) is 4.82. The lowest BCUT2D eigenvalue weighted by molar-refractivity contribution is -0.144. The predicted molar refractivity (Wildman–Crippen MR) is 160 cm³/mol. The van der Waals surface area contributed by atoms with Crippen molar-refractivity contribution >= 4 is 73.3 Å². The average molecular weight is 616 g/mol. The Morgan fingerprint density at radius 2 is 1.93 bits per heavy atom. The van der Waals surface area contributed by atoms with Crippen LogP contribution in [0.15, 0.2) is 47.9 Å². The number of benzene rings is 1. The summed E-state index contributed by atoms with van der Waals surface area (Å²) in [7, 11) is -3.90. The minimum absolute atomic E-state index is 0.217. The molecule has 41 heavy (non-hydrogen) atoms. The Hall–Kier alpha value is -3.32. The summed E-state index contributed by atoms with van der Waals surface area (Å²) in [5.74, 6) is -1.09. The van der Waals surface area contributed by atoms with Crippen LogP contribution in [0, 0.1) is 6.92 Å². The zero-order valence-corrected chi connectivity index (χ0v) is 24.8. The molecule has 2 N–H and O–H groups in total. The number of carbonyl (C=O) groups is 3. The van der Waals surface area contributed by atoms with Gasteiger partial charge in [0.2, 0.25) is 27.7 Å². The summed E-state index contributed by atoms with van der Waals surface area (Å²) < 4.78 is 28.2. The molecule has 5 rings (SSSR count). The summed E-state index contributed by atoms with van der Waals surface area (Å²) in [6, 6.07) is 11.1. The van der Waals surface area contributed by atoms with Crippen molar-refractivity contribution in [2.24, 2.45) is 0 Å². The Kier molecular flexibility index (Phi) is 8.74. The van der Waals surface area contributed by atoms with Crippen LogP contribution in [0.25, 0.3) is 17.0 Å². The van der Waals surface area contributed by atoms with Gasteiger partial charge in [-0.05, 0) is 75.1 Å². The summed E-state index contributed by atoms with van der Waals surface area (Å²) >= 11 is 7.13. The van der Waals surface area contributed by atoms with E-state index in [9.17, 15) is 22.8 Å². The number of thiophene rings is 1. The van der Waals surface area contributed by atoms with Crippen LogP contribution in [0.2, 0.25) is 4.34 Å². The molecule has 0 bridgehead atoms. The fraction of sp³-hybridized carbons (Fsp3) is 0.357. The first-order valence-electron chi connectivity index (χ1n) is 13.3. The molecule has 0 spiro atoms. The Balaban J connectivity index is 1.19. The summed E-state index contributed by atoms with van der Waals surface area (Å²) in [4.78, 5) is 47.6. The van der Waals surface area contributed by atoms with Gasteiger partial charge in [0.05, 0.1) is 16.4 Å². The van der Waals surface area contributed by atoms with Gasteiger partial charge in [-0.3, -0.25) is 19.4 Å². The molecule has 2 saturated heterocycles. The molecule has 2 aliphatic rings. The van der Waals surface area contributed by atoms with Crippen LogP contribution in [0.1, 0.15) is 36.3 Å². The molecule has 3 amide bonds. The van der Waals surface area contributed by atoms with Crippen LogP contribution >= 0.6 is 22.9 Å². The number of sulfonamides is 1. The van der Waals surface area contributed by atoms with E-state index in [-0.39, 0.29) is 18.4 Å². The maximum Gasteiger partial charge on any atom is 0.247 e. The SMILES string of the molecule is Cc1ccc2cc(NC(=O)[C@H]3CCCN3C(=O)CN3CCC[C@H](NS(=O)(=O)C=Cc4ccc(Cl)s4)C3=O)ccc2n1.